The fraction of sp³-hybridized carbons (Fsp3) is 0.440. The van der Waals surface area contributed by atoms with Crippen molar-refractivity contribution in [1.82, 2.24) is 49.2 Å². The summed E-state index contributed by atoms with van der Waals surface area (Å²) in [6, 6.07) is 17.9. The van der Waals surface area contributed by atoms with Crippen molar-refractivity contribution in [2.75, 3.05) is 44.2 Å². The zero-order valence-electron chi connectivity index (χ0n) is 37.9. The van der Waals surface area contributed by atoms with Gasteiger partial charge in [-0.3, -0.25) is 38.3 Å². The topological polar surface area (TPSA) is 176 Å². The van der Waals surface area contributed by atoms with E-state index in [1.54, 1.807) is 28.7 Å². The first-order chi connectivity index (χ1) is 32.1. The first-order valence-electron chi connectivity index (χ1n) is 23.5. The molecule has 16 heteroatoms. The Kier molecular flexibility index (Phi) is 13.3. The van der Waals surface area contributed by atoms with Crippen molar-refractivity contribution in [3.05, 3.63) is 101 Å². The molecule has 344 valence electrons. The van der Waals surface area contributed by atoms with Gasteiger partial charge in [-0.2, -0.15) is 0 Å². The number of fused-ring (bicyclic) bond motifs is 2. The van der Waals surface area contributed by atoms with Gasteiger partial charge in [-0.25, -0.2) is 9.78 Å². The summed E-state index contributed by atoms with van der Waals surface area (Å²) < 4.78 is 4.75. The number of benzene rings is 2. The van der Waals surface area contributed by atoms with Crippen LogP contribution in [-0.2, 0) is 32.8 Å². The van der Waals surface area contributed by atoms with Gasteiger partial charge in [-0.05, 0) is 116 Å². The number of rotatable bonds is 11. The van der Waals surface area contributed by atoms with E-state index in [2.05, 4.69) is 74.9 Å². The fourth-order valence-corrected chi connectivity index (χ4v) is 10.1. The van der Waals surface area contributed by atoms with Crippen molar-refractivity contribution in [2.45, 2.75) is 83.7 Å². The number of H-pyrrole nitrogens is 1. The standard InChI is InChI=1S/C31H38N6O4.C19H21N5O/c1-34-27-18-23(4-6-25(27)37(31(34)41)26-7-9-29(39)33-30(26)40)24-5-8-28(32-19-24)36-16-12-22(13-17-36)3-2-21-10-14-35(20-38)15-11-21;1-14-11-16-5-4-15(12-18(16)21-14)17-3-2-8-23(13-17)19(25)6-9-24-10-7-20-22-24/h4-6,8,18-22,26H,2-3,7,9-17H2,1H3,(H,33,39,40);3-5,7,10-12,21H,2,6,8-9,13H2,1H3. The second-order valence-corrected chi connectivity index (χ2v) is 18.4. The Morgan fingerprint density at radius 1 is 0.848 bits per heavy atom. The summed E-state index contributed by atoms with van der Waals surface area (Å²) in [7, 11) is 1.71. The van der Waals surface area contributed by atoms with Crippen LogP contribution in [0, 0.1) is 18.8 Å². The van der Waals surface area contributed by atoms with Crippen molar-refractivity contribution in [2.24, 2.45) is 18.9 Å². The van der Waals surface area contributed by atoms with E-state index in [1.807, 2.05) is 34.2 Å². The van der Waals surface area contributed by atoms with Crippen molar-refractivity contribution in [3.8, 4) is 11.1 Å². The van der Waals surface area contributed by atoms with E-state index >= 15 is 0 Å². The molecule has 0 radical (unpaired) electrons. The van der Waals surface area contributed by atoms with Gasteiger partial charge in [0.1, 0.15) is 11.9 Å². The van der Waals surface area contributed by atoms with Crippen LogP contribution in [-0.4, -0.2) is 107 Å². The van der Waals surface area contributed by atoms with Crippen LogP contribution >= 0.6 is 0 Å². The molecule has 4 aromatic heterocycles. The molecule has 3 fully saturated rings. The molecule has 4 aliphatic heterocycles. The molecule has 16 nitrogen and oxygen atoms in total. The maximum atomic E-state index is 13.1. The van der Waals surface area contributed by atoms with Crippen LogP contribution < -0.4 is 15.9 Å². The minimum absolute atomic E-state index is 0.165. The maximum Gasteiger partial charge on any atom is 0.329 e. The van der Waals surface area contributed by atoms with E-state index < -0.39 is 11.9 Å². The molecule has 2 aromatic carbocycles. The Bertz CT molecular complexity index is 2790. The third kappa shape index (κ3) is 9.87. The highest BCUT2D eigenvalue weighted by molar-refractivity contribution is 6.00. The SMILES string of the molecule is Cc1cc2ccc(C3=CCCN(C(=O)CCn4ccnn4)C3)cc2[nH]1.Cn1c(=O)n(C2CCC(=O)NC2=O)c2ccc(-c3ccc(N4CCC(CCC5CCN(C=O)CC5)CC4)nc3)cc21. The minimum atomic E-state index is -0.693. The highest BCUT2D eigenvalue weighted by Gasteiger charge is 2.31. The molecule has 3 saturated heterocycles. The Hall–Kier alpha value is -6.84. The van der Waals surface area contributed by atoms with Crippen molar-refractivity contribution >= 4 is 57.5 Å². The molecule has 2 N–H and O–H groups in total. The Balaban J connectivity index is 0.000000187. The highest BCUT2D eigenvalue weighted by Crippen LogP contribution is 2.32. The van der Waals surface area contributed by atoms with Gasteiger partial charge in [-0.1, -0.05) is 42.3 Å². The number of hydrogen-bond acceptors (Lipinski definition) is 9. The minimum Gasteiger partial charge on any atom is -0.359 e. The van der Waals surface area contributed by atoms with Gasteiger partial charge in [0.2, 0.25) is 24.1 Å². The molecule has 6 aromatic rings. The van der Waals surface area contributed by atoms with E-state index in [0.717, 1.165) is 104 Å². The third-order valence-corrected chi connectivity index (χ3v) is 14.1. The number of nitrogens with zero attached hydrogens (tertiary/aromatic N) is 9. The van der Waals surface area contributed by atoms with Crippen LogP contribution in [0.15, 0.2) is 84.1 Å². The number of aryl methyl sites for hydroxylation is 3. The molecule has 0 saturated carbocycles. The van der Waals surface area contributed by atoms with Crippen LogP contribution in [0.4, 0.5) is 5.82 Å². The lowest BCUT2D eigenvalue weighted by atomic mass is 9.85. The van der Waals surface area contributed by atoms with Gasteiger partial charge in [0, 0.05) is 88.3 Å². The quantitative estimate of drug-likeness (QED) is 0.116. The van der Waals surface area contributed by atoms with Crippen LogP contribution in [0.3, 0.4) is 0 Å². The van der Waals surface area contributed by atoms with E-state index in [-0.39, 0.29) is 23.9 Å². The zero-order valence-corrected chi connectivity index (χ0v) is 37.9. The lowest BCUT2D eigenvalue weighted by Gasteiger charge is -2.34. The Morgan fingerprint density at radius 2 is 1.61 bits per heavy atom. The van der Waals surface area contributed by atoms with Crippen molar-refractivity contribution in [1.29, 1.82) is 0 Å². The first-order valence-corrected chi connectivity index (χ1v) is 23.5. The summed E-state index contributed by atoms with van der Waals surface area (Å²) >= 11 is 0. The molecule has 0 aliphatic carbocycles. The van der Waals surface area contributed by atoms with Gasteiger partial charge < -0.3 is 19.7 Å². The predicted octanol–water partition coefficient (Wildman–Crippen LogP) is 6.02. The highest BCUT2D eigenvalue weighted by atomic mass is 16.2. The number of aromatic nitrogens is 7. The number of amides is 4. The van der Waals surface area contributed by atoms with Gasteiger partial charge in [0.05, 0.1) is 23.8 Å². The second kappa shape index (κ2) is 19.7. The zero-order chi connectivity index (χ0) is 45.7. The summed E-state index contributed by atoms with van der Waals surface area (Å²) in [4.78, 5) is 75.0. The van der Waals surface area contributed by atoms with Crippen LogP contribution in [0.25, 0.3) is 38.6 Å². The molecule has 1 unspecified atom stereocenters. The number of carbonyl (C=O) groups is 4. The monoisotopic (exact) mass is 893 g/mol. The van der Waals surface area contributed by atoms with Crippen LogP contribution in [0.1, 0.15) is 81.5 Å². The molecular weight excluding hydrogens is 835 g/mol. The van der Waals surface area contributed by atoms with Crippen LogP contribution in [0.5, 0.6) is 0 Å². The molecule has 0 bridgehead atoms. The summed E-state index contributed by atoms with van der Waals surface area (Å²) in [5.41, 5.74) is 7.76. The Morgan fingerprint density at radius 3 is 2.32 bits per heavy atom. The summed E-state index contributed by atoms with van der Waals surface area (Å²) in [6.45, 7) is 7.94. The molecular formula is C50H59N11O5. The molecule has 4 aliphatic rings. The largest absolute Gasteiger partial charge is 0.359 e. The molecule has 0 spiro atoms. The normalized spacial score (nSPS) is 18.6. The average molecular weight is 894 g/mol. The number of imidazole rings is 1. The van der Waals surface area contributed by atoms with Gasteiger partial charge in [-0.15, -0.1) is 5.10 Å². The molecule has 4 amide bonds. The summed E-state index contributed by atoms with van der Waals surface area (Å²) in [5.74, 6) is 1.95. The summed E-state index contributed by atoms with van der Waals surface area (Å²) in [5, 5.41) is 11.2. The van der Waals surface area contributed by atoms with Crippen LogP contribution in [0.2, 0.25) is 0 Å². The van der Waals surface area contributed by atoms with Gasteiger partial charge >= 0.3 is 5.69 Å². The summed E-state index contributed by atoms with van der Waals surface area (Å²) in [6.07, 6.45) is 17.6. The van der Waals surface area contributed by atoms with Crippen molar-refractivity contribution < 1.29 is 19.2 Å². The third-order valence-electron chi connectivity index (χ3n) is 14.1. The number of likely N-dealkylation sites (tertiary alicyclic amines) is 1. The second-order valence-electron chi connectivity index (χ2n) is 18.4. The number of aromatic amines is 1. The smallest absolute Gasteiger partial charge is 0.329 e. The predicted molar refractivity (Wildman–Crippen MR) is 253 cm³/mol. The van der Waals surface area contributed by atoms with E-state index in [9.17, 15) is 24.0 Å². The van der Waals surface area contributed by atoms with Gasteiger partial charge in [0.15, 0.2) is 0 Å². The molecule has 10 rings (SSSR count). The number of anilines is 1. The number of nitrogens with one attached hydrogen (secondary N) is 2. The number of carbonyl (C=O) groups excluding carboxylic acids is 4. The first kappa shape index (κ1) is 44.4. The number of pyridine rings is 1. The average Bonchev–Trinajstić information content (AvgIpc) is 4.08. The molecule has 1 atom stereocenters. The lowest BCUT2D eigenvalue weighted by Crippen LogP contribution is -2.44. The van der Waals surface area contributed by atoms with E-state index in [4.69, 9.17) is 4.98 Å². The van der Waals surface area contributed by atoms with E-state index in [0.29, 0.717) is 31.4 Å². The van der Waals surface area contributed by atoms with E-state index in [1.165, 1.54) is 46.8 Å². The number of hydrogen-bond donors (Lipinski definition) is 2. The number of piperidine rings is 3. The Labute approximate surface area is 383 Å². The molecule has 66 heavy (non-hydrogen) atoms. The number of imide groups is 1. The molecule has 8 heterocycles. The maximum absolute atomic E-state index is 13.1. The van der Waals surface area contributed by atoms with Gasteiger partial charge in [0.25, 0.3) is 0 Å². The lowest BCUT2D eigenvalue weighted by molar-refractivity contribution is -0.136. The van der Waals surface area contributed by atoms with Crippen molar-refractivity contribution in [3.63, 3.8) is 0 Å². The fourth-order valence-electron chi connectivity index (χ4n) is 10.1.